The molecule has 0 aliphatic rings. The molecule has 0 unspecified atom stereocenters. The lowest BCUT2D eigenvalue weighted by molar-refractivity contribution is -0.130. The molecule has 0 bridgehead atoms. The molecular weight excluding hydrogens is 229 g/mol. The molecule has 18 heavy (non-hydrogen) atoms. The Labute approximate surface area is 109 Å². The molecule has 0 radical (unpaired) electrons. The second kappa shape index (κ2) is 5.98. The van der Waals surface area contributed by atoms with Gasteiger partial charge in [0.15, 0.2) is 0 Å². The summed E-state index contributed by atoms with van der Waals surface area (Å²) in [4.78, 5) is 12.1. The molecule has 0 fully saturated rings. The average Bonchev–Trinajstić information content (AvgIpc) is 2.26. The zero-order chi connectivity index (χ0) is 13.8. The summed E-state index contributed by atoms with van der Waals surface area (Å²) in [5.41, 5.74) is 0.541. The first-order chi connectivity index (χ1) is 8.31. The number of rotatable bonds is 5. The summed E-state index contributed by atoms with van der Waals surface area (Å²) in [7, 11) is 0. The Hall–Kier alpha value is -1.38. The van der Waals surface area contributed by atoms with Crippen LogP contribution in [0.4, 0.5) is 4.39 Å². The highest BCUT2D eigenvalue weighted by Gasteiger charge is 2.27. The molecule has 1 N–H and O–H groups in total. The largest absolute Gasteiger partial charge is 0.352 e. The van der Waals surface area contributed by atoms with E-state index in [9.17, 15) is 9.18 Å². The number of amides is 1. The van der Waals surface area contributed by atoms with Gasteiger partial charge in [-0.15, -0.1) is 0 Å². The first-order valence-corrected chi connectivity index (χ1v) is 6.34. The molecular formula is C15H22FNO. The SMILES string of the molecule is CC(C)CC(C)(C)C(=O)NCc1ccc(F)cc1. The molecule has 1 aromatic rings. The van der Waals surface area contributed by atoms with E-state index in [1.54, 1.807) is 12.1 Å². The van der Waals surface area contributed by atoms with Crippen LogP contribution in [0.2, 0.25) is 0 Å². The van der Waals surface area contributed by atoms with Gasteiger partial charge in [0.2, 0.25) is 5.91 Å². The first kappa shape index (κ1) is 14.7. The maximum Gasteiger partial charge on any atom is 0.225 e. The van der Waals surface area contributed by atoms with E-state index in [4.69, 9.17) is 0 Å². The van der Waals surface area contributed by atoms with E-state index in [0.29, 0.717) is 12.5 Å². The van der Waals surface area contributed by atoms with Gasteiger partial charge in [-0.05, 0) is 30.0 Å². The second-order valence-corrected chi connectivity index (χ2v) is 5.79. The Morgan fingerprint density at radius 3 is 2.33 bits per heavy atom. The maximum atomic E-state index is 12.7. The Bertz CT molecular complexity index is 395. The molecule has 0 saturated carbocycles. The summed E-state index contributed by atoms with van der Waals surface area (Å²) >= 11 is 0. The minimum atomic E-state index is -0.367. The molecule has 100 valence electrons. The van der Waals surface area contributed by atoms with Crippen molar-refractivity contribution >= 4 is 5.91 Å². The molecule has 1 aromatic carbocycles. The highest BCUT2D eigenvalue weighted by molar-refractivity contribution is 5.81. The van der Waals surface area contributed by atoms with Crippen LogP contribution in [0.15, 0.2) is 24.3 Å². The van der Waals surface area contributed by atoms with Crippen LogP contribution < -0.4 is 5.32 Å². The minimum Gasteiger partial charge on any atom is -0.352 e. The van der Waals surface area contributed by atoms with Gasteiger partial charge >= 0.3 is 0 Å². The average molecular weight is 251 g/mol. The lowest BCUT2D eigenvalue weighted by Crippen LogP contribution is -2.37. The Morgan fingerprint density at radius 2 is 1.83 bits per heavy atom. The van der Waals surface area contributed by atoms with Gasteiger partial charge in [0.05, 0.1) is 0 Å². The fourth-order valence-corrected chi connectivity index (χ4v) is 2.14. The summed E-state index contributed by atoms with van der Waals surface area (Å²) in [5, 5.41) is 2.90. The van der Waals surface area contributed by atoms with Crippen LogP contribution in [-0.2, 0) is 11.3 Å². The molecule has 0 saturated heterocycles. The molecule has 0 aromatic heterocycles. The second-order valence-electron chi connectivity index (χ2n) is 5.79. The smallest absolute Gasteiger partial charge is 0.225 e. The summed E-state index contributed by atoms with van der Waals surface area (Å²) in [6.07, 6.45) is 0.849. The van der Waals surface area contributed by atoms with Crippen LogP contribution in [0, 0.1) is 17.2 Å². The van der Waals surface area contributed by atoms with Crippen molar-refractivity contribution in [2.75, 3.05) is 0 Å². The third kappa shape index (κ3) is 4.47. The lowest BCUT2D eigenvalue weighted by Gasteiger charge is -2.25. The van der Waals surface area contributed by atoms with E-state index in [-0.39, 0.29) is 17.1 Å². The van der Waals surface area contributed by atoms with Crippen LogP contribution in [-0.4, -0.2) is 5.91 Å². The van der Waals surface area contributed by atoms with E-state index in [0.717, 1.165) is 12.0 Å². The Kier molecular flexibility index (Phi) is 4.88. The van der Waals surface area contributed by atoms with Crippen LogP contribution in [0.25, 0.3) is 0 Å². The van der Waals surface area contributed by atoms with Gasteiger partial charge in [-0.2, -0.15) is 0 Å². The Morgan fingerprint density at radius 1 is 1.28 bits per heavy atom. The molecule has 1 amide bonds. The molecule has 0 aliphatic carbocycles. The molecule has 0 atom stereocenters. The zero-order valence-electron chi connectivity index (χ0n) is 11.6. The number of carbonyl (C=O) groups excluding carboxylic acids is 1. The van der Waals surface area contributed by atoms with Crippen LogP contribution >= 0.6 is 0 Å². The van der Waals surface area contributed by atoms with Gasteiger partial charge in [-0.3, -0.25) is 4.79 Å². The van der Waals surface area contributed by atoms with E-state index in [2.05, 4.69) is 19.2 Å². The van der Waals surface area contributed by atoms with Gasteiger partial charge in [0, 0.05) is 12.0 Å². The standard InChI is InChI=1S/C15H22FNO/c1-11(2)9-15(3,4)14(18)17-10-12-5-7-13(16)8-6-12/h5-8,11H,9-10H2,1-4H3,(H,17,18). The van der Waals surface area contributed by atoms with Crippen molar-refractivity contribution in [3.8, 4) is 0 Å². The topological polar surface area (TPSA) is 29.1 Å². The Balaban J connectivity index is 2.52. The summed E-state index contributed by atoms with van der Waals surface area (Å²) < 4.78 is 12.7. The predicted molar refractivity (Wildman–Crippen MR) is 71.5 cm³/mol. The molecule has 0 heterocycles. The van der Waals surface area contributed by atoms with Crippen molar-refractivity contribution < 1.29 is 9.18 Å². The summed E-state index contributed by atoms with van der Waals surface area (Å²) in [6.45, 7) is 8.56. The monoisotopic (exact) mass is 251 g/mol. The number of carbonyl (C=O) groups is 1. The number of hydrogen-bond acceptors (Lipinski definition) is 1. The fraction of sp³-hybridized carbons (Fsp3) is 0.533. The van der Waals surface area contributed by atoms with E-state index >= 15 is 0 Å². The van der Waals surface area contributed by atoms with Crippen molar-refractivity contribution in [1.82, 2.24) is 5.32 Å². The first-order valence-electron chi connectivity index (χ1n) is 6.34. The molecule has 0 aliphatic heterocycles. The minimum absolute atomic E-state index is 0.0422. The summed E-state index contributed by atoms with van der Waals surface area (Å²) in [6, 6.07) is 6.18. The number of halogens is 1. The quantitative estimate of drug-likeness (QED) is 0.852. The van der Waals surface area contributed by atoms with Crippen molar-refractivity contribution in [1.29, 1.82) is 0 Å². The highest BCUT2D eigenvalue weighted by Crippen LogP contribution is 2.25. The number of hydrogen-bond donors (Lipinski definition) is 1. The van der Waals surface area contributed by atoms with Crippen molar-refractivity contribution in [2.45, 2.75) is 40.7 Å². The normalized spacial score (nSPS) is 11.7. The summed E-state index contributed by atoms with van der Waals surface area (Å²) in [5.74, 6) is 0.266. The number of nitrogens with one attached hydrogen (secondary N) is 1. The van der Waals surface area contributed by atoms with E-state index in [1.807, 2.05) is 13.8 Å². The zero-order valence-corrected chi connectivity index (χ0v) is 11.6. The molecule has 2 nitrogen and oxygen atoms in total. The molecule has 0 spiro atoms. The van der Waals surface area contributed by atoms with E-state index in [1.165, 1.54) is 12.1 Å². The van der Waals surface area contributed by atoms with Crippen LogP contribution in [0.5, 0.6) is 0 Å². The number of benzene rings is 1. The van der Waals surface area contributed by atoms with Gasteiger partial charge < -0.3 is 5.32 Å². The van der Waals surface area contributed by atoms with Gasteiger partial charge in [0.25, 0.3) is 0 Å². The highest BCUT2D eigenvalue weighted by atomic mass is 19.1. The van der Waals surface area contributed by atoms with Gasteiger partial charge in [-0.25, -0.2) is 4.39 Å². The molecule has 1 rings (SSSR count). The van der Waals surface area contributed by atoms with Crippen LogP contribution in [0.3, 0.4) is 0 Å². The maximum absolute atomic E-state index is 12.7. The van der Waals surface area contributed by atoms with Crippen molar-refractivity contribution in [2.24, 2.45) is 11.3 Å². The van der Waals surface area contributed by atoms with E-state index < -0.39 is 0 Å². The van der Waals surface area contributed by atoms with Crippen LogP contribution in [0.1, 0.15) is 39.7 Å². The fourth-order valence-electron chi connectivity index (χ4n) is 2.14. The predicted octanol–water partition coefficient (Wildman–Crippen LogP) is 3.51. The van der Waals surface area contributed by atoms with Gasteiger partial charge in [0.1, 0.15) is 5.82 Å². The third-order valence-electron chi connectivity index (χ3n) is 2.90. The van der Waals surface area contributed by atoms with Crippen molar-refractivity contribution in [3.05, 3.63) is 35.6 Å². The lowest BCUT2D eigenvalue weighted by atomic mass is 9.83. The molecule has 3 heteroatoms. The third-order valence-corrected chi connectivity index (χ3v) is 2.90. The van der Waals surface area contributed by atoms with Gasteiger partial charge in [-0.1, -0.05) is 39.8 Å². The van der Waals surface area contributed by atoms with Crippen molar-refractivity contribution in [3.63, 3.8) is 0 Å².